The van der Waals surface area contributed by atoms with Crippen LogP contribution in [0, 0.1) is 11.6 Å². The number of rotatable bonds is 3. The molecule has 1 aromatic carbocycles. The van der Waals surface area contributed by atoms with Crippen molar-refractivity contribution in [2.75, 3.05) is 18.4 Å². The standard InChI is InChI=1S/C21H25F2N3O3/c1-21(2,3)29-20(28)25-11-8-15(9-12-25)26-10-4-5-18(26)19(27)24-17-7-6-14(22)13-16(17)23/h4-7,10,13,15H,8-9,11-12H2,1-3H3,(H,24,27). The van der Waals surface area contributed by atoms with Gasteiger partial charge in [0.05, 0.1) is 5.69 Å². The van der Waals surface area contributed by atoms with E-state index in [4.69, 9.17) is 4.74 Å². The summed E-state index contributed by atoms with van der Waals surface area (Å²) < 4.78 is 34.1. The Kier molecular flexibility index (Phi) is 5.91. The van der Waals surface area contributed by atoms with E-state index in [1.807, 2.05) is 25.3 Å². The van der Waals surface area contributed by atoms with E-state index in [1.165, 1.54) is 6.07 Å². The van der Waals surface area contributed by atoms with E-state index in [2.05, 4.69) is 5.32 Å². The lowest BCUT2D eigenvalue weighted by Crippen LogP contribution is -2.42. The van der Waals surface area contributed by atoms with Gasteiger partial charge in [0.15, 0.2) is 0 Å². The van der Waals surface area contributed by atoms with E-state index in [0.29, 0.717) is 31.6 Å². The van der Waals surface area contributed by atoms with Crippen LogP contribution < -0.4 is 5.32 Å². The highest BCUT2D eigenvalue weighted by Crippen LogP contribution is 2.26. The van der Waals surface area contributed by atoms with Crippen LogP contribution in [0.4, 0.5) is 19.3 Å². The van der Waals surface area contributed by atoms with Gasteiger partial charge in [0.25, 0.3) is 5.91 Å². The Bertz CT molecular complexity index is 897. The van der Waals surface area contributed by atoms with Crippen molar-refractivity contribution in [2.45, 2.75) is 45.3 Å². The molecule has 1 saturated heterocycles. The molecular formula is C21H25F2N3O3. The number of ether oxygens (including phenoxy) is 1. The van der Waals surface area contributed by atoms with Gasteiger partial charge in [-0.15, -0.1) is 0 Å². The van der Waals surface area contributed by atoms with Crippen molar-refractivity contribution in [1.29, 1.82) is 0 Å². The fraction of sp³-hybridized carbons (Fsp3) is 0.429. The van der Waals surface area contributed by atoms with Crippen LogP contribution in [0.5, 0.6) is 0 Å². The first kappa shape index (κ1) is 20.8. The van der Waals surface area contributed by atoms with E-state index in [0.717, 1.165) is 12.1 Å². The van der Waals surface area contributed by atoms with Gasteiger partial charge >= 0.3 is 6.09 Å². The topological polar surface area (TPSA) is 63.6 Å². The minimum Gasteiger partial charge on any atom is -0.444 e. The number of anilines is 1. The third-order valence-corrected chi connectivity index (χ3v) is 4.70. The Morgan fingerprint density at radius 2 is 1.83 bits per heavy atom. The quantitative estimate of drug-likeness (QED) is 0.812. The van der Waals surface area contributed by atoms with Gasteiger partial charge in [-0.05, 0) is 57.9 Å². The lowest BCUT2D eigenvalue weighted by Gasteiger charge is -2.34. The van der Waals surface area contributed by atoms with E-state index < -0.39 is 23.1 Å². The molecule has 1 aliphatic heterocycles. The number of piperidine rings is 1. The highest BCUT2D eigenvalue weighted by Gasteiger charge is 2.28. The second-order valence-corrected chi connectivity index (χ2v) is 8.08. The first-order chi connectivity index (χ1) is 13.6. The molecule has 2 amide bonds. The van der Waals surface area contributed by atoms with E-state index in [-0.39, 0.29) is 17.8 Å². The average molecular weight is 405 g/mol. The minimum atomic E-state index is -0.831. The highest BCUT2D eigenvalue weighted by atomic mass is 19.1. The molecule has 1 fully saturated rings. The second-order valence-electron chi connectivity index (χ2n) is 8.08. The van der Waals surface area contributed by atoms with Crippen molar-refractivity contribution >= 4 is 17.7 Å². The van der Waals surface area contributed by atoms with Gasteiger partial charge in [-0.2, -0.15) is 0 Å². The maximum Gasteiger partial charge on any atom is 0.410 e. The van der Waals surface area contributed by atoms with Crippen LogP contribution in [0.25, 0.3) is 0 Å². The maximum absolute atomic E-state index is 13.8. The van der Waals surface area contributed by atoms with Gasteiger partial charge in [0.1, 0.15) is 22.9 Å². The third-order valence-electron chi connectivity index (χ3n) is 4.70. The normalized spacial score (nSPS) is 15.3. The van der Waals surface area contributed by atoms with Crippen LogP contribution in [-0.4, -0.2) is 40.2 Å². The van der Waals surface area contributed by atoms with Crippen molar-refractivity contribution in [3.8, 4) is 0 Å². The Morgan fingerprint density at radius 3 is 2.45 bits per heavy atom. The zero-order valence-corrected chi connectivity index (χ0v) is 16.7. The first-order valence-electron chi connectivity index (χ1n) is 9.55. The molecule has 2 aromatic rings. The van der Waals surface area contributed by atoms with Gasteiger partial charge in [-0.1, -0.05) is 0 Å². The van der Waals surface area contributed by atoms with Crippen molar-refractivity contribution in [1.82, 2.24) is 9.47 Å². The molecule has 2 heterocycles. The van der Waals surface area contributed by atoms with Crippen molar-refractivity contribution in [3.05, 3.63) is 53.9 Å². The molecule has 0 unspecified atom stereocenters. The fourth-order valence-corrected chi connectivity index (χ4v) is 3.33. The summed E-state index contributed by atoms with van der Waals surface area (Å²) in [6.45, 7) is 6.52. The number of likely N-dealkylation sites (tertiary alicyclic amines) is 1. The van der Waals surface area contributed by atoms with Crippen LogP contribution in [-0.2, 0) is 4.74 Å². The van der Waals surface area contributed by atoms with Gasteiger partial charge in [-0.3, -0.25) is 4.79 Å². The molecule has 156 valence electrons. The van der Waals surface area contributed by atoms with Gasteiger partial charge in [0.2, 0.25) is 0 Å². The van der Waals surface area contributed by atoms with Crippen LogP contribution in [0.15, 0.2) is 36.5 Å². The molecule has 0 radical (unpaired) electrons. The summed E-state index contributed by atoms with van der Waals surface area (Å²) in [4.78, 5) is 26.5. The van der Waals surface area contributed by atoms with E-state index in [9.17, 15) is 18.4 Å². The SMILES string of the molecule is CC(C)(C)OC(=O)N1CCC(n2cccc2C(=O)Nc2ccc(F)cc2F)CC1. The summed E-state index contributed by atoms with van der Waals surface area (Å²) in [7, 11) is 0. The molecule has 1 aliphatic rings. The summed E-state index contributed by atoms with van der Waals surface area (Å²) in [5.41, 5.74) is -0.247. The predicted octanol–water partition coefficient (Wildman–Crippen LogP) is 4.59. The van der Waals surface area contributed by atoms with E-state index >= 15 is 0 Å². The number of nitrogens with one attached hydrogen (secondary N) is 1. The number of aromatic nitrogens is 1. The fourth-order valence-electron chi connectivity index (χ4n) is 3.33. The van der Waals surface area contributed by atoms with Crippen LogP contribution in [0.1, 0.15) is 50.1 Å². The monoisotopic (exact) mass is 405 g/mol. The Morgan fingerprint density at radius 1 is 1.14 bits per heavy atom. The smallest absolute Gasteiger partial charge is 0.410 e. The summed E-state index contributed by atoms with van der Waals surface area (Å²) in [6.07, 6.45) is 2.79. The molecular weight excluding hydrogens is 380 g/mol. The van der Waals surface area contributed by atoms with Crippen LogP contribution in [0.2, 0.25) is 0 Å². The molecule has 1 N–H and O–H groups in total. The van der Waals surface area contributed by atoms with Crippen molar-refractivity contribution in [2.24, 2.45) is 0 Å². The number of nitrogens with zero attached hydrogens (tertiary/aromatic N) is 2. The zero-order valence-electron chi connectivity index (χ0n) is 16.7. The lowest BCUT2D eigenvalue weighted by atomic mass is 10.0. The molecule has 29 heavy (non-hydrogen) atoms. The number of carbonyl (C=O) groups is 2. The van der Waals surface area contributed by atoms with Gasteiger partial charge < -0.3 is 19.5 Å². The third kappa shape index (κ3) is 5.13. The molecule has 1 aromatic heterocycles. The predicted molar refractivity (Wildman–Crippen MR) is 105 cm³/mol. The summed E-state index contributed by atoms with van der Waals surface area (Å²) >= 11 is 0. The van der Waals surface area contributed by atoms with Crippen molar-refractivity contribution < 1.29 is 23.1 Å². The number of halogens is 2. The largest absolute Gasteiger partial charge is 0.444 e. The molecule has 6 nitrogen and oxygen atoms in total. The van der Waals surface area contributed by atoms with Crippen LogP contribution in [0.3, 0.4) is 0 Å². The van der Waals surface area contributed by atoms with Gasteiger partial charge in [0, 0.05) is 31.4 Å². The molecule has 0 atom stereocenters. The minimum absolute atomic E-state index is 0.0301. The Labute approximate surface area is 168 Å². The van der Waals surface area contributed by atoms with Crippen LogP contribution >= 0.6 is 0 Å². The maximum atomic E-state index is 13.8. The molecule has 0 aliphatic carbocycles. The summed E-state index contributed by atoms with van der Waals surface area (Å²) in [6, 6.07) is 6.43. The summed E-state index contributed by atoms with van der Waals surface area (Å²) in [5, 5.41) is 2.49. The number of carbonyl (C=O) groups excluding carboxylic acids is 2. The average Bonchev–Trinajstić information content (AvgIpc) is 3.12. The molecule has 8 heteroatoms. The van der Waals surface area contributed by atoms with Gasteiger partial charge in [-0.25, -0.2) is 13.6 Å². The summed E-state index contributed by atoms with van der Waals surface area (Å²) in [5.74, 6) is -2.02. The highest BCUT2D eigenvalue weighted by molar-refractivity contribution is 6.03. The lowest BCUT2D eigenvalue weighted by molar-refractivity contribution is 0.0187. The number of amides is 2. The second kappa shape index (κ2) is 8.23. The number of hydrogen-bond acceptors (Lipinski definition) is 3. The number of benzene rings is 1. The molecule has 0 saturated carbocycles. The zero-order chi connectivity index (χ0) is 21.2. The first-order valence-corrected chi connectivity index (χ1v) is 9.55. The number of hydrogen-bond donors (Lipinski definition) is 1. The van der Waals surface area contributed by atoms with Crippen molar-refractivity contribution in [3.63, 3.8) is 0 Å². The Balaban J connectivity index is 1.65. The molecule has 3 rings (SSSR count). The van der Waals surface area contributed by atoms with E-state index in [1.54, 1.807) is 23.2 Å². The Hall–Kier alpha value is -2.90. The molecule has 0 spiro atoms. The molecule has 0 bridgehead atoms.